The quantitative estimate of drug-likeness (QED) is 0.213. The van der Waals surface area contributed by atoms with Crippen molar-refractivity contribution in [2.24, 2.45) is 0 Å². The molecular weight excluding hydrogens is 534 g/mol. The van der Waals surface area contributed by atoms with E-state index in [1.807, 2.05) is 12.1 Å². The topological polar surface area (TPSA) is 35.9 Å². The van der Waals surface area contributed by atoms with Crippen molar-refractivity contribution in [2.75, 3.05) is 0 Å². The minimum absolute atomic E-state index is 0.873. The first-order valence-electron chi connectivity index (χ1n) is 14.1. The summed E-state index contributed by atoms with van der Waals surface area (Å²) in [6.45, 7) is 0. The van der Waals surface area contributed by atoms with Gasteiger partial charge in [0.25, 0.3) is 0 Å². The molecule has 0 aliphatic heterocycles. The number of furan rings is 1. The smallest absolute Gasteiger partial charge is 0.195 e. The van der Waals surface area contributed by atoms with E-state index in [0.29, 0.717) is 0 Å². The summed E-state index contributed by atoms with van der Waals surface area (Å²) in [4.78, 5) is 5.32. The van der Waals surface area contributed by atoms with Gasteiger partial charge < -0.3 is 8.98 Å². The van der Waals surface area contributed by atoms with Crippen molar-refractivity contribution in [3.8, 4) is 10.8 Å². The maximum Gasteiger partial charge on any atom is 0.195 e. The largest absolute Gasteiger partial charge is 0.456 e. The number of nitrogens with zero attached hydrogens (tertiary/aromatic N) is 3. The van der Waals surface area contributed by atoms with E-state index in [1.165, 1.54) is 32.6 Å². The van der Waals surface area contributed by atoms with E-state index in [1.54, 1.807) is 11.3 Å². The fraction of sp³-hybridized carbons (Fsp3) is 0. The van der Waals surface area contributed by atoms with E-state index < -0.39 is 0 Å². The number of rotatable bonds is 2. The average Bonchev–Trinajstić information content (AvgIpc) is 3.79. The first-order chi connectivity index (χ1) is 20.8. The zero-order valence-electron chi connectivity index (χ0n) is 22.3. The predicted octanol–water partition coefficient (Wildman–Crippen LogP) is 10.4. The molecule has 5 heteroatoms. The summed E-state index contributed by atoms with van der Waals surface area (Å²) < 4.78 is 12.1. The second kappa shape index (κ2) is 8.09. The van der Waals surface area contributed by atoms with Crippen LogP contribution in [0.15, 0.2) is 132 Å². The minimum Gasteiger partial charge on any atom is -0.456 e. The van der Waals surface area contributed by atoms with Crippen molar-refractivity contribution in [3.63, 3.8) is 0 Å². The summed E-state index contributed by atoms with van der Waals surface area (Å²) in [6, 6.07) is 45.1. The minimum atomic E-state index is 0.873. The van der Waals surface area contributed by atoms with Gasteiger partial charge in [-0.1, -0.05) is 84.1 Å². The van der Waals surface area contributed by atoms with E-state index in [0.717, 1.165) is 54.0 Å². The number of aromatic nitrogens is 3. The van der Waals surface area contributed by atoms with Gasteiger partial charge in [0.1, 0.15) is 11.2 Å². The number of hydrogen-bond acceptors (Lipinski definition) is 3. The van der Waals surface area contributed by atoms with Crippen molar-refractivity contribution in [1.82, 2.24) is 14.1 Å². The highest BCUT2D eigenvalue weighted by Gasteiger charge is 2.22. The van der Waals surface area contributed by atoms with Gasteiger partial charge in [0.2, 0.25) is 0 Å². The molecule has 6 aromatic carbocycles. The summed E-state index contributed by atoms with van der Waals surface area (Å²) >= 11 is 1.73. The third-order valence-electron chi connectivity index (χ3n) is 8.57. The Morgan fingerprint density at radius 3 is 1.86 bits per heavy atom. The van der Waals surface area contributed by atoms with Crippen molar-refractivity contribution in [1.29, 1.82) is 0 Å². The van der Waals surface area contributed by atoms with Gasteiger partial charge in [-0.2, -0.15) is 0 Å². The second-order valence-corrected chi connectivity index (χ2v) is 11.8. The lowest BCUT2D eigenvalue weighted by Crippen LogP contribution is -1.94. The summed E-state index contributed by atoms with van der Waals surface area (Å²) in [5.74, 6) is 0. The van der Waals surface area contributed by atoms with Gasteiger partial charge in [0, 0.05) is 32.6 Å². The van der Waals surface area contributed by atoms with Crippen molar-refractivity contribution < 1.29 is 4.42 Å². The standard InChI is InChI=1S/C37H21N3OS/c1-2-10-22(11-3-1)39-26-15-7-4-12-23(26)33-28(39)18-19-29-34(33)24-13-5-8-16-27(24)40(29)37-38-36-32(42-37)21-20-31-35(36)25-14-6-9-17-30(25)41-31/h1-21H. The van der Waals surface area contributed by atoms with Crippen LogP contribution in [-0.2, 0) is 0 Å². The second-order valence-electron chi connectivity index (χ2n) is 10.8. The highest BCUT2D eigenvalue weighted by Crippen LogP contribution is 2.44. The molecule has 42 heavy (non-hydrogen) atoms. The van der Waals surface area contributed by atoms with Gasteiger partial charge in [-0.25, -0.2) is 4.98 Å². The Labute approximate surface area is 243 Å². The molecule has 0 spiro atoms. The van der Waals surface area contributed by atoms with Crippen LogP contribution in [0.1, 0.15) is 0 Å². The molecule has 0 saturated heterocycles. The van der Waals surface area contributed by atoms with Crippen LogP contribution in [0, 0.1) is 0 Å². The maximum absolute atomic E-state index is 6.18. The summed E-state index contributed by atoms with van der Waals surface area (Å²) in [5, 5.41) is 8.15. The van der Waals surface area contributed by atoms with Crippen LogP contribution in [-0.4, -0.2) is 14.1 Å². The molecule has 196 valence electrons. The molecule has 4 heterocycles. The molecular formula is C37H21N3OS. The predicted molar refractivity (Wildman–Crippen MR) is 176 cm³/mol. The molecule has 10 rings (SSSR count). The van der Waals surface area contributed by atoms with E-state index in [9.17, 15) is 0 Å². The summed E-state index contributed by atoms with van der Waals surface area (Å²) in [6.07, 6.45) is 0. The number of thiazole rings is 1. The van der Waals surface area contributed by atoms with Crippen LogP contribution < -0.4 is 0 Å². The van der Waals surface area contributed by atoms with Crippen LogP contribution in [0.25, 0.3) is 86.6 Å². The highest BCUT2D eigenvalue weighted by atomic mass is 32.1. The third kappa shape index (κ3) is 2.83. The lowest BCUT2D eigenvalue weighted by Gasteiger charge is -2.07. The Bertz CT molecular complexity index is 2690. The molecule has 0 atom stereocenters. The van der Waals surface area contributed by atoms with Crippen LogP contribution in [0.4, 0.5) is 0 Å². The number of benzene rings is 6. The average molecular weight is 556 g/mol. The first-order valence-corrected chi connectivity index (χ1v) is 14.9. The molecule has 0 aliphatic rings. The first kappa shape index (κ1) is 22.3. The van der Waals surface area contributed by atoms with Crippen LogP contribution in [0.3, 0.4) is 0 Å². The third-order valence-corrected chi connectivity index (χ3v) is 9.57. The fourth-order valence-corrected chi connectivity index (χ4v) is 7.87. The molecule has 0 radical (unpaired) electrons. The van der Waals surface area contributed by atoms with Crippen LogP contribution in [0.2, 0.25) is 0 Å². The molecule has 0 fully saturated rings. The van der Waals surface area contributed by atoms with E-state index >= 15 is 0 Å². The monoisotopic (exact) mass is 555 g/mol. The lowest BCUT2D eigenvalue weighted by molar-refractivity contribution is 0.669. The Hall–Kier alpha value is -5.39. The van der Waals surface area contributed by atoms with E-state index in [4.69, 9.17) is 9.40 Å². The van der Waals surface area contributed by atoms with Crippen LogP contribution >= 0.6 is 11.3 Å². The van der Waals surface area contributed by atoms with Crippen molar-refractivity contribution >= 4 is 87.1 Å². The molecule has 0 aliphatic carbocycles. The maximum atomic E-state index is 6.18. The van der Waals surface area contributed by atoms with Gasteiger partial charge in [-0.15, -0.1) is 0 Å². The Morgan fingerprint density at radius 2 is 1.10 bits per heavy atom. The molecule has 4 nitrogen and oxygen atoms in total. The molecule has 0 bridgehead atoms. The SMILES string of the molecule is c1ccc(-n2c3ccccc3c3c4c5ccccc5n(-c5nc6c(ccc7oc8ccccc8c76)s5)c4ccc32)cc1. The summed E-state index contributed by atoms with van der Waals surface area (Å²) in [7, 11) is 0. The van der Waals surface area contributed by atoms with Gasteiger partial charge in [0.05, 0.1) is 37.7 Å². The van der Waals surface area contributed by atoms with E-state index in [-0.39, 0.29) is 0 Å². The van der Waals surface area contributed by atoms with Gasteiger partial charge >= 0.3 is 0 Å². The Kier molecular flexibility index (Phi) is 4.30. The molecule has 0 saturated carbocycles. The van der Waals surface area contributed by atoms with Crippen LogP contribution in [0.5, 0.6) is 0 Å². The summed E-state index contributed by atoms with van der Waals surface area (Å²) in [5.41, 5.74) is 8.64. The lowest BCUT2D eigenvalue weighted by atomic mass is 10.1. The molecule has 0 unspecified atom stereocenters. The number of para-hydroxylation sites is 4. The van der Waals surface area contributed by atoms with Crippen molar-refractivity contribution in [3.05, 3.63) is 127 Å². The molecule has 0 amide bonds. The molecule has 4 aromatic heterocycles. The fourth-order valence-electron chi connectivity index (χ4n) is 6.86. The van der Waals surface area contributed by atoms with Gasteiger partial charge in [-0.05, 0) is 54.6 Å². The normalized spacial score (nSPS) is 12.3. The van der Waals surface area contributed by atoms with Gasteiger partial charge in [-0.3, -0.25) is 4.57 Å². The highest BCUT2D eigenvalue weighted by molar-refractivity contribution is 7.21. The number of fused-ring (bicyclic) bond motifs is 12. The Balaban J connectivity index is 1.35. The zero-order chi connectivity index (χ0) is 27.4. The van der Waals surface area contributed by atoms with Gasteiger partial charge in [0.15, 0.2) is 5.13 Å². The Morgan fingerprint density at radius 1 is 0.476 bits per heavy atom. The molecule has 0 N–H and O–H groups in total. The van der Waals surface area contributed by atoms with E-state index in [2.05, 4.69) is 124 Å². The zero-order valence-corrected chi connectivity index (χ0v) is 23.1. The van der Waals surface area contributed by atoms with Crippen molar-refractivity contribution in [2.45, 2.75) is 0 Å². The molecule has 10 aromatic rings. The number of hydrogen-bond donors (Lipinski definition) is 0.